The monoisotopic (exact) mass is 347 g/mol. The van der Waals surface area contributed by atoms with E-state index >= 15 is 0 Å². The number of aromatic nitrogens is 2. The van der Waals surface area contributed by atoms with Crippen molar-refractivity contribution in [2.24, 2.45) is 0 Å². The SMILES string of the molecule is O=c1c2c([nH]n1CCO)CN(Cc1ccc(C3CCCCO3)o1)CC2. The maximum Gasteiger partial charge on any atom is 0.270 e. The van der Waals surface area contributed by atoms with Crippen LogP contribution < -0.4 is 5.56 Å². The maximum absolute atomic E-state index is 12.2. The fourth-order valence-electron chi connectivity index (χ4n) is 3.76. The van der Waals surface area contributed by atoms with Crippen LogP contribution in [0.25, 0.3) is 0 Å². The Morgan fingerprint density at radius 3 is 3.04 bits per heavy atom. The first-order chi connectivity index (χ1) is 12.2. The smallest absolute Gasteiger partial charge is 0.270 e. The highest BCUT2D eigenvalue weighted by molar-refractivity contribution is 5.21. The van der Waals surface area contributed by atoms with Crippen molar-refractivity contribution in [2.75, 3.05) is 19.8 Å². The Morgan fingerprint density at radius 2 is 2.24 bits per heavy atom. The quantitative estimate of drug-likeness (QED) is 0.858. The molecule has 0 aliphatic carbocycles. The van der Waals surface area contributed by atoms with Crippen LogP contribution in [0, 0.1) is 0 Å². The van der Waals surface area contributed by atoms with Crippen molar-refractivity contribution in [3.05, 3.63) is 45.3 Å². The van der Waals surface area contributed by atoms with Crippen molar-refractivity contribution in [3.8, 4) is 0 Å². The Balaban J connectivity index is 1.42. The number of H-pyrrole nitrogens is 1. The van der Waals surface area contributed by atoms with Crippen molar-refractivity contribution in [1.29, 1.82) is 0 Å². The molecule has 4 heterocycles. The van der Waals surface area contributed by atoms with Crippen LogP contribution in [0.2, 0.25) is 0 Å². The molecule has 0 saturated carbocycles. The average molecular weight is 347 g/mol. The number of hydrogen-bond donors (Lipinski definition) is 2. The molecule has 0 bridgehead atoms. The average Bonchev–Trinajstić information content (AvgIpc) is 3.21. The summed E-state index contributed by atoms with van der Waals surface area (Å²) in [5.41, 5.74) is 1.80. The van der Waals surface area contributed by atoms with Gasteiger partial charge in [-0.25, -0.2) is 0 Å². The van der Waals surface area contributed by atoms with Gasteiger partial charge in [0.2, 0.25) is 0 Å². The zero-order chi connectivity index (χ0) is 17.2. The number of aliphatic hydroxyl groups excluding tert-OH is 1. The highest BCUT2D eigenvalue weighted by Gasteiger charge is 2.24. The number of nitrogens with zero attached hydrogens (tertiary/aromatic N) is 2. The first-order valence-corrected chi connectivity index (χ1v) is 9.08. The molecule has 0 radical (unpaired) electrons. The summed E-state index contributed by atoms with van der Waals surface area (Å²) in [6.07, 6.45) is 4.17. The molecule has 0 amide bonds. The van der Waals surface area contributed by atoms with Crippen molar-refractivity contribution < 1.29 is 14.3 Å². The topological polar surface area (TPSA) is 83.6 Å². The van der Waals surface area contributed by atoms with Crippen molar-refractivity contribution in [2.45, 2.75) is 51.4 Å². The third kappa shape index (κ3) is 3.44. The Kier molecular flexibility index (Phi) is 4.78. The van der Waals surface area contributed by atoms with Gasteiger partial charge in [0.1, 0.15) is 17.6 Å². The molecule has 1 fully saturated rings. The number of aromatic amines is 1. The zero-order valence-electron chi connectivity index (χ0n) is 14.4. The fourth-order valence-corrected chi connectivity index (χ4v) is 3.76. The van der Waals surface area contributed by atoms with Crippen LogP contribution in [-0.2, 0) is 30.8 Å². The molecule has 2 aliphatic heterocycles. The summed E-state index contributed by atoms with van der Waals surface area (Å²) in [5.74, 6) is 1.86. The van der Waals surface area contributed by atoms with E-state index in [0.29, 0.717) is 13.1 Å². The van der Waals surface area contributed by atoms with Crippen LogP contribution in [-0.4, -0.2) is 39.5 Å². The molecule has 1 unspecified atom stereocenters. The molecule has 2 aliphatic rings. The van der Waals surface area contributed by atoms with Gasteiger partial charge in [0.15, 0.2) is 0 Å². The summed E-state index contributed by atoms with van der Waals surface area (Å²) >= 11 is 0. The molecule has 25 heavy (non-hydrogen) atoms. The molecule has 7 heteroatoms. The summed E-state index contributed by atoms with van der Waals surface area (Å²) in [6.45, 7) is 3.33. The summed E-state index contributed by atoms with van der Waals surface area (Å²) in [4.78, 5) is 14.5. The van der Waals surface area contributed by atoms with Gasteiger partial charge in [-0.15, -0.1) is 0 Å². The second-order valence-corrected chi connectivity index (χ2v) is 6.87. The van der Waals surface area contributed by atoms with E-state index in [1.54, 1.807) is 0 Å². The van der Waals surface area contributed by atoms with E-state index in [0.717, 1.165) is 61.7 Å². The predicted octanol–water partition coefficient (Wildman–Crippen LogP) is 1.56. The van der Waals surface area contributed by atoms with E-state index in [4.69, 9.17) is 14.3 Å². The largest absolute Gasteiger partial charge is 0.462 e. The third-order valence-corrected chi connectivity index (χ3v) is 5.08. The van der Waals surface area contributed by atoms with Crippen LogP contribution in [0.5, 0.6) is 0 Å². The molecule has 1 saturated heterocycles. The van der Waals surface area contributed by atoms with E-state index in [2.05, 4.69) is 10.00 Å². The minimum Gasteiger partial charge on any atom is -0.462 e. The minimum absolute atomic E-state index is 0.00145. The van der Waals surface area contributed by atoms with Gasteiger partial charge in [0.05, 0.1) is 25.4 Å². The molecule has 2 aromatic heterocycles. The third-order valence-electron chi connectivity index (χ3n) is 5.08. The Bertz CT molecular complexity index is 770. The standard InChI is InChI=1S/C18H25N3O4/c22-9-8-21-18(23)14-6-7-20(12-15(14)19-21)11-13-4-5-17(25-13)16-3-1-2-10-24-16/h4-5,16,19,22H,1-3,6-12H2. The lowest BCUT2D eigenvalue weighted by molar-refractivity contribution is 0.000794. The second-order valence-electron chi connectivity index (χ2n) is 6.87. The summed E-state index contributed by atoms with van der Waals surface area (Å²) in [7, 11) is 0. The Hall–Kier alpha value is -1.83. The number of aliphatic hydroxyl groups is 1. The molecular weight excluding hydrogens is 322 g/mol. The highest BCUT2D eigenvalue weighted by Crippen LogP contribution is 2.29. The molecular formula is C18H25N3O4. The zero-order valence-corrected chi connectivity index (χ0v) is 14.4. The lowest BCUT2D eigenvalue weighted by Gasteiger charge is -2.25. The summed E-state index contributed by atoms with van der Waals surface area (Å²) in [6, 6.07) is 4.06. The first kappa shape index (κ1) is 16.6. The highest BCUT2D eigenvalue weighted by atomic mass is 16.5. The lowest BCUT2D eigenvalue weighted by atomic mass is 10.1. The number of hydrogen-bond acceptors (Lipinski definition) is 5. The maximum atomic E-state index is 12.2. The number of fused-ring (bicyclic) bond motifs is 1. The van der Waals surface area contributed by atoms with E-state index in [9.17, 15) is 4.79 Å². The molecule has 2 aromatic rings. The number of ether oxygens (including phenoxy) is 1. The molecule has 0 spiro atoms. The minimum atomic E-state index is -0.0403. The Labute approximate surface area is 146 Å². The Morgan fingerprint density at radius 1 is 1.32 bits per heavy atom. The number of furan rings is 1. The van der Waals surface area contributed by atoms with Crippen LogP contribution in [0.1, 0.15) is 48.1 Å². The summed E-state index contributed by atoms with van der Waals surface area (Å²) in [5, 5.41) is 12.2. The molecule has 2 N–H and O–H groups in total. The van der Waals surface area contributed by atoms with E-state index in [-0.39, 0.29) is 18.3 Å². The van der Waals surface area contributed by atoms with Crippen molar-refractivity contribution in [3.63, 3.8) is 0 Å². The molecule has 1 atom stereocenters. The van der Waals surface area contributed by atoms with Gasteiger partial charge in [-0.05, 0) is 37.8 Å². The van der Waals surface area contributed by atoms with Crippen LogP contribution in [0.4, 0.5) is 0 Å². The molecule has 7 nitrogen and oxygen atoms in total. The molecule has 136 valence electrons. The van der Waals surface area contributed by atoms with E-state index in [1.807, 2.05) is 12.1 Å². The van der Waals surface area contributed by atoms with Gasteiger partial charge in [-0.1, -0.05) is 0 Å². The molecule has 0 aromatic carbocycles. The van der Waals surface area contributed by atoms with Gasteiger partial charge < -0.3 is 14.3 Å². The fraction of sp³-hybridized carbons (Fsp3) is 0.611. The van der Waals surface area contributed by atoms with Gasteiger partial charge in [-0.2, -0.15) is 0 Å². The normalized spacial score (nSPS) is 21.4. The van der Waals surface area contributed by atoms with Gasteiger partial charge in [0, 0.05) is 25.3 Å². The van der Waals surface area contributed by atoms with Gasteiger partial charge >= 0.3 is 0 Å². The first-order valence-electron chi connectivity index (χ1n) is 9.08. The van der Waals surface area contributed by atoms with Crippen molar-refractivity contribution >= 4 is 0 Å². The second kappa shape index (κ2) is 7.19. The van der Waals surface area contributed by atoms with E-state index < -0.39 is 0 Å². The van der Waals surface area contributed by atoms with Gasteiger partial charge in [0.25, 0.3) is 5.56 Å². The number of rotatable bonds is 5. The number of nitrogens with one attached hydrogen (secondary N) is 1. The molecule has 4 rings (SSSR count). The van der Waals surface area contributed by atoms with Crippen LogP contribution in [0.3, 0.4) is 0 Å². The lowest BCUT2D eigenvalue weighted by Crippen LogP contribution is -2.31. The van der Waals surface area contributed by atoms with Crippen LogP contribution in [0.15, 0.2) is 21.3 Å². The van der Waals surface area contributed by atoms with Gasteiger partial charge in [-0.3, -0.25) is 19.5 Å². The summed E-state index contributed by atoms with van der Waals surface area (Å²) < 4.78 is 13.3. The van der Waals surface area contributed by atoms with E-state index in [1.165, 1.54) is 11.1 Å². The van der Waals surface area contributed by atoms with Crippen molar-refractivity contribution in [1.82, 2.24) is 14.7 Å². The predicted molar refractivity (Wildman–Crippen MR) is 91.2 cm³/mol. The van der Waals surface area contributed by atoms with Crippen LogP contribution >= 0.6 is 0 Å².